The van der Waals surface area contributed by atoms with Crippen LogP contribution < -0.4 is 10.1 Å². The number of benzene rings is 1. The van der Waals surface area contributed by atoms with Gasteiger partial charge in [0.15, 0.2) is 0 Å². The van der Waals surface area contributed by atoms with Crippen molar-refractivity contribution in [1.29, 1.82) is 0 Å². The molecular weight excluding hydrogens is 296 g/mol. The van der Waals surface area contributed by atoms with Crippen LogP contribution in [0.4, 0.5) is 10.5 Å². The van der Waals surface area contributed by atoms with Gasteiger partial charge in [-0.05, 0) is 38.3 Å². The summed E-state index contributed by atoms with van der Waals surface area (Å²) in [4.78, 5) is 25.2. The molecule has 6 nitrogen and oxygen atoms in total. The zero-order valence-electron chi connectivity index (χ0n) is 13.8. The molecule has 2 rings (SSSR count). The molecule has 1 aromatic rings. The van der Waals surface area contributed by atoms with Crippen molar-refractivity contribution in [2.75, 3.05) is 18.4 Å². The fourth-order valence-electron chi connectivity index (χ4n) is 2.82. The van der Waals surface area contributed by atoms with Gasteiger partial charge in [0.25, 0.3) is 0 Å². The van der Waals surface area contributed by atoms with Crippen LogP contribution in [-0.4, -0.2) is 41.2 Å². The number of likely N-dealkylation sites (tertiary alicyclic amines) is 1. The molecular formula is C17H24N2O4. The zero-order chi connectivity index (χ0) is 17.0. The molecule has 1 saturated heterocycles. The first kappa shape index (κ1) is 17.1. The van der Waals surface area contributed by atoms with Crippen LogP contribution in [-0.2, 0) is 4.79 Å². The number of urea groups is 1. The van der Waals surface area contributed by atoms with Crippen LogP contribution in [0.1, 0.15) is 27.2 Å². The van der Waals surface area contributed by atoms with Crippen LogP contribution in [0.2, 0.25) is 0 Å². The standard InChI is InChI=1S/C17H24N2O4/c1-11(2)23-15-6-4-5-14(8-15)18-17(22)19-9-12(3)7-13(10-19)16(20)21/h4-6,8,11-13H,7,9-10H2,1-3H3,(H,18,22)(H,20,21). The SMILES string of the molecule is CC1CC(C(=O)O)CN(C(=O)Nc2cccc(OC(C)C)c2)C1. The van der Waals surface area contributed by atoms with E-state index in [1.807, 2.05) is 32.9 Å². The molecule has 0 spiro atoms. The van der Waals surface area contributed by atoms with E-state index in [0.29, 0.717) is 24.4 Å². The average molecular weight is 320 g/mol. The van der Waals surface area contributed by atoms with Crippen molar-refractivity contribution < 1.29 is 19.4 Å². The van der Waals surface area contributed by atoms with Crippen molar-refractivity contribution in [3.63, 3.8) is 0 Å². The van der Waals surface area contributed by atoms with Gasteiger partial charge < -0.3 is 20.1 Å². The van der Waals surface area contributed by atoms with E-state index in [9.17, 15) is 14.7 Å². The van der Waals surface area contributed by atoms with Crippen LogP contribution in [0.25, 0.3) is 0 Å². The molecule has 2 N–H and O–H groups in total. The summed E-state index contributed by atoms with van der Waals surface area (Å²) in [6.45, 7) is 6.65. The van der Waals surface area contributed by atoms with Crippen molar-refractivity contribution in [2.24, 2.45) is 11.8 Å². The Bertz CT molecular complexity index is 573. The molecule has 23 heavy (non-hydrogen) atoms. The number of carboxylic acid groups (broad SMARTS) is 1. The molecule has 0 aliphatic carbocycles. The summed E-state index contributed by atoms with van der Waals surface area (Å²) in [6.07, 6.45) is 0.664. The van der Waals surface area contributed by atoms with Crippen molar-refractivity contribution in [3.05, 3.63) is 24.3 Å². The highest BCUT2D eigenvalue weighted by atomic mass is 16.5. The fraction of sp³-hybridized carbons (Fsp3) is 0.529. The number of anilines is 1. The van der Waals surface area contributed by atoms with Crippen molar-refractivity contribution in [3.8, 4) is 5.75 Å². The third-order valence-corrected chi connectivity index (χ3v) is 3.75. The van der Waals surface area contributed by atoms with Crippen molar-refractivity contribution in [2.45, 2.75) is 33.3 Å². The van der Waals surface area contributed by atoms with Gasteiger partial charge in [0.1, 0.15) is 5.75 Å². The number of piperidine rings is 1. The number of aliphatic carboxylic acids is 1. The normalized spacial score (nSPS) is 21.1. The maximum absolute atomic E-state index is 12.4. The number of amides is 2. The molecule has 1 heterocycles. The maximum Gasteiger partial charge on any atom is 0.321 e. The lowest BCUT2D eigenvalue weighted by molar-refractivity contribution is -0.143. The number of carbonyl (C=O) groups is 2. The van der Waals surface area contributed by atoms with E-state index in [1.54, 1.807) is 17.0 Å². The smallest absolute Gasteiger partial charge is 0.321 e. The molecule has 0 aromatic heterocycles. The van der Waals surface area contributed by atoms with Gasteiger partial charge in [0, 0.05) is 24.8 Å². The topological polar surface area (TPSA) is 78.9 Å². The van der Waals surface area contributed by atoms with Crippen LogP contribution in [0.15, 0.2) is 24.3 Å². The second-order valence-corrected chi connectivity index (χ2v) is 6.41. The van der Waals surface area contributed by atoms with Gasteiger partial charge in [-0.25, -0.2) is 4.79 Å². The molecule has 1 aliphatic heterocycles. The quantitative estimate of drug-likeness (QED) is 0.893. The predicted octanol–water partition coefficient (Wildman–Crippen LogP) is 3.05. The summed E-state index contributed by atoms with van der Waals surface area (Å²) in [5.41, 5.74) is 0.637. The third kappa shape index (κ3) is 4.87. The Labute approximate surface area is 136 Å². The minimum absolute atomic E-state index is 0.0558. The lowest BCUT2D eigenvalue weighted by Crippen LogP contribution is -2.47. The molecule has 126 valence electrons. The fourth-order valence-corrected chi connectivity index (χ4v) is 2.82. The number of carbonyl (C=O) groups excluding carboxylic acids is 1. The van der Waals surface area contributed by atoms with E-state index in [0.717, 1.165) is 0 Å². The monoisotopic (exact) mass is 320 g/mol. The molecule has 6 heteroatoms. The highest BCUT2D eigenvalue weighted by molar-refractivity contribution is 5.90. The highest BCUT2D eigenvalue weighted by Gasteiger charge is 2.31. The Hall–Kier alpha value is -2.24. The van der Waals surface area contributed by atoms with E-state index in [4.69, 9.17) is 4.74 Å². The second-order valence-electron chi connectivity index (χ2n) is 6.41. The zero-order valence-corrected chi connectivity index (χ0v) is 13.8. The van der Waals surface area contributed by atoms with Gasteiger partial charge >= 0.3 is 12.0 Å². The van der Waals surface area contributed by atoms with E-state index < -0.39 is 11.9 Å². The van der Waals surface area contributed by atoms with Crippen molar-refractivity contribution >= 4 is 17.7 Å². The average Bonchev–Trinajstić information content (AvgIpc) is 2.46. The lowest BCUT2D eigenvalue weighted by atomic mass is 9.91. The van der Waals surface area contributed by atoms with Crippen molar-refractivity contribution in [1.82, 2.24) is 4.90 Å². The van der Waals surface area contributed by atoms with Crippen LogP contribution in [0.5, 0.6) is 5.75 Å². The summed E-state index contributed by atoms with van der Waals surface area (Å²) in [7, 11) is 0. The first-order chi connectivity index (χ1) is 10.8. The first-order valence-corrected chi connectivity index (χ1v) is 7.90. The molecule has 0 saturated carbocycles. The van der Waals surface area contributed by atoms with E-state index in [2.05, 4.69) is 5.32 Å². The number of hydrogen-bond acceptors (Lipinski definition) is 3. The highest BCUT2D eigenvalue weighted by Crippen LogP contribution is 2.23. The Morgan fingerprint density at radius 2 is 2.09 bits per heavy atom. The summed E-state index contributed by atoms with van der Waals surface area (Å²) in [6, 6.07) is 6.92. The number of nitrogens with zero attached hydrogens (tertiary/aromatic N) is 1. The van der Waals surface area contributed by atoms with Crippen LogP contribution in [0.3, 0.4) is 0 Å². The molecule has 2 amide bonds. The van der Waals surface area contributed by atoms with Gasteiger partial charge in [-0.2, -0.15) is 0 Å². The predicted molar refractivity (Wildman–Crippen MR) is 87.7 cm³/mol. The minimum atomic E-state index is -0.846. The Balaban J connectivity index is 2.02. The minimum Gasteiger partial charge on any atom is -0.491 e. The van der Waals surface area contributed by atoms with E-state index in [1.165, 1.54) is 0 Å². The maximum atomic E-state index is 12.4. The molecule has 1 aromatic carbocycles. The number of nitrogens with one attached hydrogen (secondary N) is 1. The molecule has 1 fully saturated rings. The molecule has 0 bridgehead atoms. The number of rotatable bonds is 4. The molecule has 2 atom stereocenters. The first-order valence-electron chi connectivity index (χ1n) is 7.90. The molecule has 1 aliphatic rings. The Morgan fingerprint density at radius 3 is 2.74 bits per heavy atom. The van der Waals surface area contributed by atoms with Crippen LogP contribution in [0, 0.1) is 11.8 Å². The molecule has 2 unspecified atom stereocenters. The van der Waals surface area contributed by atoms with E-state index in [-0.39, 0.29) is 24.6 Å². The summed E-state index contributed by atoms with van der Waals surface area (Å²) in [5.74, 6) is -0.485. The number of hydrogen-bond donors (Lipinski definition) is 2. The van der Waals surface area contributed by atoms with Gasteiger partial charge in [-0.15, -0.1) is 0 Å². The Kier molecular flexibility index (Phi) is 5.47. The second kappa shape index (κ2) is 7.35. The van der Waals surface area contributed by atoms with Gasteiger partial charge in [-0.3, -0.25) is 4.79 Å². The van der Waals surface area contributed by atoms with Gasteiger partial charge in [0.05, 0.1) is 12.0 Å². The summed E-state index contributed by atoms with van der Waals surface area (Å²) in [5, 5.41) is 12.0. The third-order valence-electron chi connectivity index (χ3n) is 3.75. The summed E-state index contributed by atoms with van der Waals surface area (Å²) < 4.78 is 5.60. The van der Waals surface area contributed by atoms with Crippen LogP contribution >= 0.6 is 0 Å². The lowest BCUT2D eigenvalue weighted by Gasteiger charge is -2.34. The molecule has 0 radical (unpaired) electrons. The van der Waals surface area contributed by atoms with E-state index >= 15 is 0 Å². The largest absolute Gasteiger partial charge is 0.491 e. The number of ether oxygens (including phenoxy) is 1. The summed E-state index contributed by atoms with van der Waals surface area (Å²) >= 11 is 0. The van der Waals surface area contributed by atoms with Gasteiger partial charge in [0.2, 0.25) is 0 Å². The van der Waals surface area contributed by atoms with Gasteiger partial charge in [-0.1, -0.05) is 13.0 Å². The number of carboxylic acids is 1. The Morgan fingerprint density at radius 1 is 1.35 bits per heavy atom.